The van der Waals surface area contributed by atoms with Crippen LogP contribution in [0, 0.1) is 0 Å². The first-order valence-electron chi connectivity index (χ1n) is 6.63. The molecule has 0 aliphatic heterocycles. The van der Waals surface area contributed by atoms with E-state index in [-0.39, 0.29) is 0 Å². The SMILES string of the molecule is CCN(CCCCCNC)Cc1ccccn1. The Morgan fingerprint density at radius 1 is 1.24 bits per heavy atom. The number of pyridine rings is 1. The van der Waals surface area contributed by atoms with Crippen LogP contribution in [-0.4, -0.2) is 36.6 Å². The minimum Gasteiger partial charge on any atom is -0.320 e. The molecule has 96 valence electrons. The number of hydrogen-bond acceptors (Lipinski definition) is 3. The van der Waals surface area contributed by atoms with Gasteiger partial charge in [-0.05, 0) is 51.7 Å². The van der Waals surface area contributed by atoms with Crippen LogP contribution in [0.2, 0.25) is 0 Å². The van der Waals surface area contributed by atoms with Crippen LogP contribution in [0.25, 0.3) is 0 Å². The van der Waals surface area contributed by atoms with Gasteiger partial charge in [0.25, 0.3) is 0 Å². The monoisotopic (exact) mass is 235 g/mol. The highest BCUT2D eigenvalue weighted by atomic mass is 15.1. The van der Waals surface area contributed by atoms with E-state index in [1.165, 1.54) is 31.5 Å². The summed E-state index contributed by atoms with van der Waals surface area (Å²) in [6.07, 6.45) is 5.73. The molecule has 17 heavy (non-hydrogen) atoms. The quantitative estimate of drug-likeness (QED) is 0.666. The zero-order valence-electron chi connectivity index (χ0n) is 11.2. The molecule has 3 nitrogen and oxygen atoms in total. The molecule has 0 unspecified atom stereocenters. The summed E-state index contributed by atoms with van der Waals surface area (Å²) in [6.45, 7) is 6.60. The molecule has 0 saturated carbocycles. The Morgan fingerprint density at radius 2 is 2.12 bits per heavy atom. The third-order valence-electron chi connectivity index (χ3n) is 2.96. The van der Waals surface area contributed by atoms with Crippen LogP contribution in [0.15, 0.2) is 24.4 Å². The fourth-order valence-corrected chi connectivity index (χ4v) is 1.88. The van der Waals surface area contributed by atoms with Crippen molar-refractivity contribution < 1.29 is 0 Å². The average Bonchev–Trinajstić information content (AvgIpc) is 2.38. The normalized spacial score (nSPS) is 11.0. The van der Waals surface area contributed by atoms with Crippen molar-refractivity contribution in [2.75, 3.05) is 26.7 Å². The maximum atomic E-state index is 4.37. The Balaban J connectivity index is 2.20. The second-order valence-electron chi connectivity index (χ2n) is 4.35. The van der Waals surface area contributed by atoms with E-state index in [4.69, 9.17) is 0 Å². The third-order valence-corrected chi connectivity index (χ3v) is 2.96. The van der Waals surface area contributed by atoms with Crippen molar-refractivity contribution in [3.05, 3.63) is 30.1 Å². The van der Waals surface area contributed by atoms with Gasteiger partial charge in [0.2, 0.25) is 0 Å². The molecule has 0 atom stereocenters. The lowest BCUT2D eigenvalue weighted by molar-refractivity contribution is 0.269. The molecule has 0 fully saturated rings. The lowest BCUT2D eigenvalue weighted by Crippen LogP contribution is -2.24. The number of aromatic nitrogens is 1. The number of unbranched alkanes of at least 4 members (excludes halogenated alkanes) is 2. The Labute approximate surface area is 105 Å². The minimum absolute atomic E-state index is 0.976. The molecule has 0 amide bonds. The second kappa shape index (κ2) is 9.14. The van der Waals surface area contributed by atoms with Gasteiger partial charge < -0.3 is 5.32 Å². The standard InChI is InChI=1S/C14H25N3/c1-3-17(12-8-4-6-10-15-2)13-14-9-5-7-11-16-14/h5,7,9,11,15H,3-4,6,8,10,12-13H2,1-2H3. The summed E-state index contributed by atoms with van der Waals surface area (Å²) < 4.78 is 0. The summed E-state index contributed by atoms with van der Waals surface area (Å²) in [6, 6.07) is 6.13. The van der Waals surface area contributed by atoms with Crippen LogP contribution in [0.5, 0.6) is 0 Å². The van der Waals surface area contributed by atoms with Gasteiger partial charge in [-0.25, -0.2) is 0 Å². The van der Waals surface area contributed by atoms with Gasteiger partial charge in [-0.3, -0.25) is 9.88 Å². The predicted molar refractivity (Wildman–Crippen MR) is 73.0 cm³/mol. The number of nitrogens with one attached hydrogen (secondary N) is 1. The van der Waals surface area contributed by atoms with Gasteiger partial charge in [-0.1, -0.05) is 19.4 Å². The Kier molecular flexibility index (Phi) is 7.60. The van der Waals surface area contributed by atoms with Crippen molar-refractivity contribution in [3.8, 4) is 0 Å². The molecule has 1 aromatic heterocycles. The molecule has 0 bridgehead atoms. The highest BCUT2D eigenvalue weighted by molar-refractivity contribution is 5.03. The van der Waals surface area contributed by atoms with Crippen LogP contribution in [0.1, 0.15) is 31.9 Å². The van der Waals surface area contributed by atoms with E-state index in [2.05, 4.69) is 34.3 Å². The van der Waals surface area contributed by atoms with Gasteiger partial charge in [0, 0.05) is 12.7 Å². The summed E-state index contributed by atoms with van der Waals surface area (Å²) in [4.78, 5) is 6.83. The number of nitrogens with zero attached hydrogens (tertiary/aromatic N) is 2. The highest BCUT2D eigenvalue weighted by Crippen LogP contribution is 2.03. The van der Waals surface area contributed by atoms with Crippen molar-refractivity contribution in [1.29, 1.82) is 0 Å². The first kappa shape index (κ1) is 14.1. The minimum atomic E-state index is 0.976. The van der Waals surface area contributed by atoms with E-state index >= 15 is 0 Å². The molecular weight excluding hydrogens is 210 g/mol. The van der Waals surface area contributed by atoms with E-state index < -0.39 is 0 Å². The zero-order valence-corrected chi connectivity index (χ0v) is 11.2. The Morgan fingerprint density at radius 3 is 2.76 bits per heavy atom. The number of hydrogen-bond donors (Lipinski definition) is 1. The fourth-order valence-electron chi connectivity index (χ4n) is 1.88. The average molecular weight is 235 g/mol. The van der Waals surface area contributed by atoms with Gasteiger partial charge in [0.1, 0.15) is 0 Å². The molecule has 1 aromatic rings. The third kappa shape index (κ3) is 6.39. The van der Waals surface area contributed by atoms with Crippen LogP contribution < -0.4 is 5.32 Å². The van der Waals surface area contributed by atoms with Crippen LogP contribution in [0.4, 0.5) is 0 Å². The van der Waals surface area contributed by atoms with E-state index in [1.807, 2.05) is 19.3 Å². The maximum absolute atomic E-state index is 4.37. The summed E-state index contributed by atoms with van der Waals surface area (Å²) >= 11 is 0. The van der Waals surface area contributed by atoms with E-state index in [0.29, 0.717) is 0 Å². The summed E-state index contributed by atoms with van der Waals surface area (Å²) in [5, 5.41) is 3.19. The van der Waals surface area contributed by atoms with Crippen molar-refractivity contribution in [2.24, 2.45) is 0 Å². The Hall–Kier alpha value is -0.930. The number of rotatable bonds is 9. The van der Waals surface area contributed by atoms with Gasteiger partial charge in [0.05, 0.1) is 5.69 Å². The van der Waals surface area contributed by atoms with E-state index in [9.17, 15) is 0 Å². The molecule has 0 radical (unpaired) electrons. The summed E-state index contributed by atoms with van der Waals surface area (Å²) in [5.41, 5.74) is 1.17. The Bertz CT molecular complexity index is 274. The van der Waals surface area contributed by atoms with Crippen LogP contribution >= 0.6 is 0 Å². The molecule has 1 heterocycles. The fraction of sp³-hybridized carbons (Fsp3) is 0.643. The van der Waals surface area contributed by atoms with Gasteiger partial charge in [-0.2, -0.15) is 0 Å². The largest absolute Gasteiger partial charge is 0.320 e. The summed E-state index contributed by atoms with van der Waals surface area (Å²) in [5.74, 6) is 0. The summed E-state index contributed by atoms with van der Waals surface area (Å²) in [7, 11) is 2.01. The van der Waals surface area contributed by atoms with E-state index in [1.54, 1.807) is 0 Å². The van der Waals surface area contributed by atoms with Crippen LogP contribution in [-0.2, 0) is 6.54 Å². The molecule has 3 heteroatoms. The van der Waals surface area contributed by atoms with Crippen molar-refractivity contribution in [1.82, 2.24) is 15.2 Å². The van der Waals surface area contributed by atoms with Crippen molar-refractivity contribution >= 4 is 0 Å². The van der Waals surface area contributed by atoms with Crippen LogP contribution in [0.3, 0.4) is 0 Å². The van der Waals surface area contributed by atoms with Crippen molar-refractivity contribution in [2.45, 2.75) is 32.7 Å². The smallest absolute Gasteiger partial charge is 0.0543 e. The molecule has 0 spiro atoms. The van der Waals surface area contributed by atoms with Crippen molar-refractivity contribution in [3.63, 3.8) is 0 Å². The van der Waals surface area contributed by atoms with Gasteiger partial charge in [-0.15, -0.1) is 0 Å². The first-order valence-corrected chi connectivity index (χ1v) is 6.63. The van der Waals surface area contributed by atoms with Gasteiger partial charge in [0.15, 0.2) is 0 Å². The molecule has 0 aromatic carbocycles. The molecule has 0 saturated heterocycles. The lowest BCUT2D eigenvalue weighted by atomic mass is 10.2. The maximum Gasteiger partial charge on any atom is 0.0543 e. The molecule has 1 rings (SSSR count). The molecule has 0 aliphatic carbocycles. The second-order valence-corrected chi connectivity index (χ2v) is 4.35. The van der Waals surface area contributed by atoms with E-state index in [0.717, 1.165) is 19.6 Å². The highest BCUT2D eigenvalue weighted by Gasteiger charge is 2.03. The molecule has 0 aliphatic rings. The predicted octanol–water partition coefficient (Wildman–Crippen LogP) is 2.29. The molecular formula is C14H25N3. The first-order chi connectivity index (χ1) is 8.36. The van der Waals surface area contributed by atoms with Gasteiger partial charge >= 0.3 is 0 Å². The topological polar surface area (TPSA) is 28.2 Å². The zero-order chi connectivity index (χ0) is 12.3. The molecule has 1 N–H and O–H groups in total. The lowest BCUT2D eigenvalue weighted by Gasteiger charge is -2.19.